The van der Waals surface area contributed by atoms with E-state index < -0.39 is 0 Å². The van der Waals surface area contributed by atoms with E-state index in [1.54, 1.807) is 0 Å². The van der Waals surface area contributed by atoms with Crippen molar-refractivity contribution >= 4 is 7.41 Å². The maximum absolute atomic E-state index is 2.92. The number of hydrogen-bond acceptors (Lipinski definition) is 2. The maximum Gasteiger partial charge on any atom is 0.226 e. The molecule has 2 N–H and O–H groups in total. The third-order valence-corrected chi connectivity index (χ3v) is 0.618. The molecular weight excluding hydrogens is 62.8 g/mol. The lowest BCUT2D eigenvalue weighted by Crippen LogP contribution is -2.23. The highest BCUT2D eigenvalue weighted by Gasteiger charge is 1.94. The second-order valence-electron chi connectivity index (χ2n) is 1.06. The molecule has 1 aliphatic rings. The van der Waals surface area contributed by atoms with Crippen molar-refractivity contribution < 1.29 is 0 Å². The molecule has 1 radical (unpaired) electrons. The topological polar surface area (TPSA) is 24.1 Å². The van der Waals surface area contributed by atoms with Crippen LogP contribution in [0, 0.1) is 0 Å². The van der Waals surface area contributed by atoms with Crippen LogP contribution in [0.4, 0.5) is 0 Å². The molecule has 5 heavy (non-hydrogen) atoms. The predicted octanol–water partition coefficient (Wildman–Crippen LogP) is -0.868. The molecule has 0 saturated carbocycles. The number of hydrazine groups is 1. The van der Waals surface area contributed by atoms with E-state index in [9.17, 15) is 0 Å². The van der Waals surface area contributed by atoms with Gasteiger partial charge >= 0.3 is 0 Å². The van der Waals surface area contributed by atoms with E-state index in [4.69, 9.17) is 0 Å². The van der Waals surface area contributed by atoms with Gasteiger partial charge in [-0.3, -0.25) is 5.43 Å². The Morgan fingerprint density at radius 3 is 2.80 bits per heavy atom. The van der Waals surface area contributed by atoms with Crippen molar-refractivity contribution in [3.8, 4) is 0 Å². The molecule has 0 spiro atoms. The highest BCUT2D eigenvalue weighted by atomic mass is 15.3. The van der Waals surface area contributed by atoms with Crippen molar-refractivity contribution in [1.82, 2.24) is 10.8 Å². The third-order valence-electron chi connectivity index (χ3n) is 0.618. The van der Waals surface area contributed by atoms with E-state index in [1.807, 2.05) is 7.41 Å². The van der Waals surface area contributed by atoms with E-state index in [2.05, 4.69) is 10.8 Å². The molecule has 3 heteroatoms. The largest absolute Gasteiger partial charge is 0.303 e. The first-order valence-electron chi connectivity index (χ1n) is 1.80. The van der Waals surface area contributed by atoms with Crippen LogP contribution in [0.25, 0.3) is 0 Å². The Bertz CT molecular complexity index is 19.2. The standard InChI is InChI=1S/C2H6BN2/c1-2-4-5-3-1/h4-5H,1-2H2. The van der Waals surface area contributed by atoms with Gasteiger partial charge in [0.25, 0.3) is 0 Å². The number of nitrogens with one attached hydrogen (secondary N) is 2. The minimum Gasteiger partial charge on any atom is -0.303 e. The van der Waals surface area contributed by atoms with Gasteiger partial charge in [0.2, 0.25) is 7.41 Å². The minimum atomic E-state index is 1.08. The molecule has 0 aliphatic carbocycles. The summed E-state index contributed by atoms with van der Waals surface area (Å²) in [6.07, 6.45) is 1.15. The van der Waals surface area contributed by atoms with Crippen LogP contribution in [-0.4, -0.2) is 14.0 Å². The Hall–Kier alpha value is -0.0151. The molecule has 0 bridgehead atoms. The van der Waals surface area contributed by atoms with Gasteiger partial charge in [-0.15, -0.1) is 0 Å². The summed E-state index contributed by atoms with van der Waals surface area (Å²) in [5.74, 6) is 0. The summed E-state index contributed by atoms with van der Waals surface area (Å²) in [5, 5.41) is 2.85. The van der Waals surface area contributed by atoms with Crippen LogP contribution in [-0.2, 0) is 0 Å². The third kappa shape index (κ3) is 0.632. The lowest BCUT2D eigenvalue weighted by molar-refractivity contribution is 0.757. The molecule has 1 rings (SSSR count). The van der Waals surface area contributed by atoms with Gasteiger partial charge in [-0.25, -0.2) is 0 Å². The summed E-state index contributed by atoms with van der Waals surface area (Å²) >= 11 is 0. The smallest absolute Gasteiger partial charge is 0.226 e. The first-order chi connectivity index (χ1) is 2.50. The van der Waals surface area contributed by atoms with E-state index in [0.717, 1.165) is 12.9 Å². The molecule has 1 fully saturated rings. The van der Waals surface area contributed by atoms with Crippen LogP contribution in [0.1, 0.15) is 0 Å². The lowest BCUT2D eigenvalue weighted by atomic mass is 9.94. The molecule has 0 atom stereocenters. The quantitative estimate of drug-likeness (QED) is 0.361. The van der Waals surface area contributed by atoms with Crippen molar-refractivity contribution in [2.45, 2.75) is 6.32 Å². The van der Waals surface area contributed by atoms with E-state index in [1.165, 1.54) is 0 Å². The Morgan fingerprint density at radius 1 is 1.60 bits per heavy atom. The van der Waals surface area contributed by atoms with Gasteiger partial charge in [0.05, 0.1) is 0 Å². The van der Waals surface area contributed by atoms with E-state index in [-0.39, 0.29) is 0 Å². The molecule has 27 valence electrons. The van der Waals surface area contributed by atoms with Crippen LogP contribution in [0.3, 0.4) is 0 Å². The van der Waals surface area contributed by atoms with Crippen LogP contribution in [0.2, 0.25) is 6.32 Å². The van der Waals surface area contributed by atoms with Gasteiger partial charge in [0, 0.05) is 6.54 Å². The summed E-state index contributed by atoms with van der Waals surface area (Å²) < 4.78 is 0. The lowest BCUT2D eigenvalue weighted by Gasteiger charge is -1.81. The van der Waals surface area contributed by atoms with Gasteiger partial charge in [-0.2, -0.15) is 0 Å². The van der Waals surface area contributed by atoms with E-state index >= 15 is 0 Å². The fourth-order valence-electron chi connectivity index (χ4n) is 0.361. The minimum absolute atomic E-state index is 1.08. The molecule has 2 nitrogen and oxygen atoms in total. The second kappa shape index (κ2) is 1.43. The Kier molecular flexibility index (Phi) is 0.910. The van der Waals surface area contributed by atoms with Crippen molar-refractivity contribution in [1.29, 1.82) is 0 Å². The SMILES string of the molecule is [B]1CCNN1. The van der Waals surface area contributed by atoms with Crippen molar-refractivity contribution in [2.24, 2.45) is 0 Å². The maximum atomic E-state index is 2.92. The average molecular weight is 68.9 g/mol. The molecule has 1 saturated heterocycles. The van der Waals surface area contributed by atoms with Gasteiger partial charge in [0.1, 0.15) is 0 Å². The summed E-state index contributed by atoms with van der Waals surface area (Å²) in [6, 6.07) is 0. The zero-order valence-corrected chi connectivity index (χ0v) is 2.99. The van der Waals surface area contributed by atoms with Crippen LogP contribution in [0.15, 0.2) is 0 Å². The molecular formula is C2H6BN2. The molecule has 0 unspecified atom stereocenters. The first-order valence-corrected chi connectivity index (χ1v) is 1.80. The van der Waals surface area contributed by atoms with Gasteiger partial charge in [-0.1, -0.05) is 0 Å². The Morgan fingerprint density at radius 2 is 2.60 bits per heavy atom. The van der Waals surface area contributed by atoms with Crippen molar-refractivity contribution in [3.05, 3.63) is 0 Å². The van der Waals surface area contributed by atoms with Gasteiger partial charge < -0.3 is 5.34 Å². The normalized spacial score (nSPS) is 22.4. The van der Waals surface area contributed by atoms with Crippen molar-refractivity contribution in [3.63, 3.8) is 0 Å². The highest BCUT2D eigenvalue weighted by molar-refractivity contribution is 6.32. The first kappa shape index (κ1) is 3.19. The van der Waals surface area contributed by atoms with Crippen LogP contribution < -0.4 is 10.8 Å². The summed E-state index contributed by atoms with van der Waals surface area (Å²) in [7, 11) is 2.00. The van der Waals surface area contributed by atoms with Gasteiger partial charge in [-0.05, 0) is 6.32 Å². The number of rotatable bonds is 0. The fourth-order valence-corrected chi connectivity index (χ4v) is 0.361. The molecule has 0 amide bonds. The van der Waals surface area contributed by atoms with Crippen molar-refractivity contribution in [2.75, 3.05) is 6.54 Å². The average Bonchev–Trinajstić information content (AvgIpc) is 1.76. The monoisotopic (exact) mass is 69.1 g/mol. The second-order valence-corrected chi connectivity index (χ2v) is 1.06. The fraction of sp³-hybridized carbons (Fsp3) is 1.00. The molecule has 0 aromatic carbocycles. The van der Waals surface area contributed by atoms with Gasteiger partial charge in [0.15, 0.2) is 0 Å². The zero-order valence-electron chi connectivity index (χ0n) is 2.99. The van der Waals surface area contributed by atoms with Crippen LogP contribution >= 0.6 is 0 Å². The highest BCUT2D eigenvalue weighted by Crippen LogP contribution is 1.73. The number of hydrogen-bond donors (Lipinski definition) is 2. The molecule has 0 aromatic heterocycles. The predicted molar refractivity (Wildman–Crippen MR) is 21.7 cm³/mol. The zero-order chi connectivity index (χ0) is 3.54. The summed E-state index contributed by atoms with van der Waals surface area (Å²) in [6.45, 7) is 1.08. The molecule has 1 heterocycles. The molecule has 1 aliphatic heterocycles. The Balaban J connectivity index is 2.08. The summed E-state index contributed by atoms with van der Waals surface area (Å²) in [4.78, 5) is 0. The summed E-state index contributed by atoms with van der Waals surface area (Å²) in [5.41, 5.74) is 2.92. The molecule has 0 aromatic rings. The Labute approximate surface area is 32.2 Å². The van der Waals surface area contributed by atoms with Crippen LogP contribution in [0.5, 0.6) is 0 Å². The van der Waals surface area contributed by atoms with E-state index in [0.29, 0.717) is 0 Å².